The average molecular weight is 233 g/mol. The number of ether oxygens (including phenoxy) is 1. The van der Waals surface area contributed by atoms with Crippen LogP contribution in [0.3, 0.4) is 0 Å². The number of aromatic nitrogens is 1. The van der Waals surface area contributed by atoms with Crippen LogP contribution in [-0.2, 0) is 0 Å². The van der Waals surface area contributed by atoms with Gasteiger partial charge in [0.2, 0.25) is 0 Å². The van der Waals surface area contributed by atoms with Crippen molar-refractivity contribution in [1.82, 2.24) is 4.98 Å². The van der Waals surface area contributed by atoms with Gasteiger partial charge in [0, 0.05) is 12.1 Å². The van der Waals surface area contributed by atoms with Crippen molar-refractivity contribution < 1.29 is 4.74 Å². The summed E-state index contributed by atoms with van der Waals surface area (Å²) in [4.78, 5) is 5.64. The number of thiazole rings is 1. The topological polar surface area (TPSA) is 22.1 Å². The van der Waals surface area contributed by atoms with Crippen LogP contribution >= 0.6 is 11.3 Å². The van der Waals surface area contributed by atoms with Crippen LogP contribution in [0.25, 0.3) is 10.4 Å². The quantitative estimate of drug-likeness (QED) is 0.801. The van der Waals surface area contributed by atoms with Crippen molar-refractivity contribution >= 4 is 11.3 Å². The summed E-state index contributed by atoms with van der Waals surface area (Å²) in [6.45, 7) is 4.33. The Balaban J connectivity index is 2.28. The molecule has 0 fully saturated rings. The monoisotopic (exact) mass is 233 g/mol. The minimum atomic E-state index is 0.497. The van der Waals surface area contributed by atoms with Gasteiger partial charge in [-0.2, -0.15) is 0 Å². The molecule has 2 rings (SSSR count). The standard InChI is InChI=1S/C13H15NOS/c1-9(2)13-14-8-12(16-13)10-4-6-11(15-3)7-5-10/h4-9H,1-3H3. The van der Waals surface area contributed by atoms with E-state index in [1.54, 1.807) is 18.4 Å². The van der Waals surface area contributed by atoms with Crippen LogP contribution in [0.15, 0.2) is 30.5 Å². The molecular weight excluding hydrogens is 218 g/mol. The van der Waals surface area contributed by atoms with Gasteiger partial charge in [0.1, 0.15) is 5.75 Å². The molecule has 3 heteroatoms. The largest absolute Gasteiger partial charge is 0.497 e. The molecule has 2 aromatic rings. The van der Waals surface area contributed by atoms with Crippen LogP contribution < -0.4 is 4.74 Å². The molecule has 2 nitrogen and oxygen atoms in total. The highest BCUT2D eigenvalue weighted by Crippen LogP contribution is 2.30. The number of benzene rings is 1. The maximum atomic E-state index is 5.14. The Morgan fingerprint density at radius 2 is 1.88 bits per heavy atom. The van der Waals surface area contributed by atoms with Gasteiger partial charge in [0.25, 0.3) is 0 Å². The Bertz CT molecular complexity index is 459. The van der Waals surface area contributed by atoms with Crippen LogP contribution in [0, 0.1) is 0 Å². The first-order valence-corrected chi connectivity index (χ1v) is 6.12. The van der Waals surface area contributed by atoms with Crippen molar-refractivity contribution in [1.29, 1.82) is 0 Å². The molecule has 0 saturated heterocycles. The van der Waals surface area contributed by atoms with Crippen LogP contribution in [0.5, 0.6) is 5.75 Å². The third kappa shape index (κ3) is 2.25. The van der Waals surface area contributed by atoms with Gasteiger partial charge in [0.05, 0.1) is 17.0 Å². The van der Waals surface area contributed by atoms with Crippen molar-refractivity contribution in [3.8, 4) is 16.2 Å². The second-order valence-corrected chi connectivity index (χ2v) is 5.01. The van der Waals surface area contributed by atoms with E-state index in [9.17, 15) is 0 Å². The fraction of sp³-hybridized carbons (Fsp3) is 0.308. The third-order valence-corrected chi connectivity index (χ3v) is 3.74. The Morgan fingerprint density at radius 1 is 1.19 bits per heavy atom. The lowest BCUT2D eigenvalue weighted by Crippen LogP contribution is -1.81. The van der Waals surface area contributed by atoms with Gasteiger partial charge in [-0.05, 0) is 29.8 Å². The molecule has 16 heavy (non-hydrogen) atoms. The highest BCUT2D eigenvalue weighted by molar-refractivity contribution is 7.15. The molecule has 1 aromatic heterocycles. The van der Waals surface area contributed by atoms with Crippen molar-refractivity contribution in [2.24, 2.45) is 0 Å². The van der Waals surface area contributed by atoms with Gasteiger partial charge in [0.15, 0.2) is 0 Å². The Morgan fingerprint density at radius 3 is 2.38 bits per heavy atom. The summed E-state index contributed by atoms with van der Waals surface area (Å²) >= 11 is 1.76. The summed E-state index contributed by atoms with van der Waals surface area (Å²) in [5.74, 6) is 1.38. The number of rotatable bonds is 3. The summed E-state index contributed by atoms with van der Waals surface area (Å²) in [5.41, 5.74) is 1.20. The van der Waals surface area contributed by atoms with Crippen molar-refractivity contribution in [2.75, 3.05) is 7.11 Å². The summed E-state index contributed by atoms with van der Waals surface area (Å²) in [7, 11) is 1.68. The second kappa shape index (κ2) is 4.66. The number of hydrogen-bond donors (Lipinski definition) is 0. The van der Waals surface area contributed by atoms with E-state index >= 15 is 0 Å². The normalized spacial score (nSPS) is 10.8. The molecule has 0 atom stereocenters. The van der Waals surface area contributed by atoms with Crippen LogP contribution in [0.2, 0.25) is 0 Å². The van der Waals surface area contributed by atoms with E-state index < -0.39 is 0 Å². The summed E-state index contributed by atoms with van der Waals surface area (Å²) in [6, 6.07) is 8.08. The predicted octanol–water partition coefficient (Wildman–Crippen LogP) is 3.94. The van der Waals surface area contributed by atoms with E-state index in [4.69, 9.17) is 4.74 Å². The van der Waals surface area contributed by atoms with E-state index in [-0.39, 0.29) is 0 Å². The zero-order valence-corrected chi connectivity index (χ0v) is 10.5. The van der Waals surface area contributed by atoms with Crippen molar-refractivity contribution in [3.63, 3.8) is 0 Å². The van der Waals surface area contributed by atoms with Crippen molar-refractivity contribution in [2.45, 2.75) is 19.8 Å². The molecule has 0 radical (unpaired) electrons. The lowest BCUT2D eigenvalue weighted by Gasteiger charge is -2.00. The lowest BCUT2D eigenvalue weighted by atomic mass is 10.2. The number of nitrogens with zero attached hydrogens (tertiary/aromatic N) is 1. The zero-order chi connectivity index (χ0) is 11.5. The van der Waals surface area contributed by atoms with E-state index in [1.807, 2.05) is 18.3 Å². The summed E-state index contributed by atoms with van der Waals surface area (Å²) in [5, 5.41) is 1.19. The van der Waals surface area contributed by atoms with Gasteiger partial charge in [-0.15, -0.1) is 11.3 Å². The van der Waals surface area contributed by atoms with Crippen molar-refractivity contribution in [3.05, 3.63) is 35.5 Å². The minimum absolute atomic E-state index is 0.497. The third-order valence-electron chi connectivity index (χ3n) is 2.39. The van der Waals surface area contributed by atoms with Gasteiger partial charge in [-0.3, -0.25) is 0 Å². The van der Waals surface area contributed by atoms with E-state index in [0.717, 1.165) is 5.75 Å². The first-order chi connectivity index (χ1) is 7.70. The first-order valence-electron chi connectivity index (χ1n) is 5.31. The van der Waals surface area contributed by atoms with Gasteiger partial charge in [-0.1, -0.05) is 13.8 Å². The smallest absolute Gasteiger partial charge is 0.118 e. The number of methoxy groups -OCH3 is 1. The zero-order valence-electron chi connectivity index (χ0n) is 9.73. The second-order valence-electron chi connectivity index (χ2n) is 3.95. The van der Waals surface area contributed by atoms with E-state index in [2.05, 4.69) is 31.0 Å². The number of hydrogen-bond acceptors (Lipinski definition) is 3. The molecule has 1 heterocycles. The Kier molecular flexibility index (Phi) is 3.25. The lowest BCUT2D eigenvalue weighted by molar-refractivity contribution is 0.415. The highest BCUT2D eigenvalue weighted by Gasteiger charge is 2.07. The van der Waals surface area contributed by atoms with E-state index in [0.29, 0.717) is 5.92 Å². The molecule has 1 aromatic carbocycles. The molecule has 0 unspecified atom stereocenters. The van der Waals surface area contributed by atoms with Crippen LogP contribution in [0.1, 0.15) is 24.8 Å². The molecule has 0 amide bonds. The summed E-state index contributed by atoms with van der Waals surface area (Å²) < 4.78 is 5.14. The molecule has 0 N–H and O–H groups in total. The van der Waals surface area contributed by atoms with Gasteiger partial charge < -0.3 is 4.74 Å². The molecule has 0 spiro atoms. The molecule has 0 aliphatic heterocycles. The SMILES string of the molecule is COc1ccc(-c2cnc(C(C)C)s2)cc1. The molecule has 0 aliphatic rings. The Labute approximate surface area is 99.9 Å². The van der Waals surface area contributed by atoms with Crippen LogP contribution in [0.4, 0.5) is 0 Å². The fourth-order valence-corrected chi connectivity index (χ4v) is 2.37. The average Bonchev–Trinajstić information content (AvgIpc) is 2.78. The molecule has 0 bridgehead atoms. The fourth-order valence-electron chi connectivity index (χ4n) is 1.44. The van der Waals surface area contributed by atoms with Crippen LogP contribution in [-0.4, -0.2) is 12.1 Å². The maximum Gasteiger partial charge on any atom is 0.118 e. The highest BCUT2D eigenvalue weighted by atomic mass is 32.1. The van der Waals surface area contributed by atoms with E-state index in [1.165, 1.54) is 15.4 Å². The first kappa shape index (κ1) is 11.1. The van der Waals surface area contributed by atoms with Gasteiger partial charge >= 0.3 is 0 Å². The predicted molar refractivity (Wildman–Crippen MR) is 68.2 cm³/mol. The summed E-state index contributed by atoms with van der Waals surface area (Å²) in [6.07, 6.45) is 1.95. The molecular formula is C13H15NOS. The minimum Gasteiger partial charge on any atom is -0.497 e. The Hall–Kier alpha value is -1.35. The molecule has 0 aliphatic carbocycles. The molecule has 84 valence electrons. The molecule has 0 saturated carbocycles. The maximum absolute atomic E-state index is 5.14. The van der Waals surface area contributed by atoms with Gasteiger partial charge in [-0.25, -0.2) is 4.98 Å².